The fraction of sp³-hybridized carbons (Fsp3) is 0.423. The van der Waals surface area contributed by atoms with E-state index in [4.69, 9.17) is 4.74 Å². The Kier molecular flexibility index (Phi) is 7.56. The van der Waals surface area contributed by atoms with Crippen molar-refractivity contribution >= 4 is 33.6 Å². The summed E-state index contributed by atoms with van der Waals surface area (Å²) in [5, 5.41) is 5.29. The van der Waals surface area contributed by atoms with E-state index < -0.39 is 40.0 Å². The highest BCUT2D eigenvalue weighted by Gasteiger charge is 2.49. The SMILES string of the molecule is COc1ccc(S(=O)(=O)N2CCCCCC2)cc1NC(=O)CN1C(=O)N[C@@](C)(c2ccc(C)cc2)C1=O. The van der Waals surface area contributed by atoms with Crippen molar-refractivity contribution in [2.24, 2.45) is 0 Å². The number of hydrogen-bond donors (Lipinski definition) is 2. The van der Waals surface area contributed by atoms with Gasteiger partial charge in [0.1, 0.15) is 17.8 Å². The largest absolute Gasteiger partial charge is 0.495 e. The van der Waals surface area contributed by atoms with Crippen molar-refractivity contribution in [1.82, 2.24) is 14.5 Å². The Balaban J connectivity index is 1.52. The molecule has 0 bridgehead atoms. The molecule has 2 aromatic carbocycles. The second-order valence-corrected chi connectivity index (χ2v) is 11.5. The number of anilines is 1. The Bertz CT molecular complexity index is 1300. The highest BCUT2D eigenvalue weighted by Crippen LogP contribution is 2.31. The molecule has 0 aromatic heterocycles. The summed E-state index contributed by atoms with van der Waals surface area (Å²) < 4.78 is 33.2. The van der Waals surface area contributed by atoms with Crippen LogP contribution in [0.1, 0.15) is 43.7 Å². The number of urea groups is 1. The van der Waals surface area contributed by atoms with Gasteiger partial charge < -0.3 is 15.4 Å². The third kappa shape index (κ3) is 5.33. The molecule has 0 aliphatic carbocycles. The van der Waals surface area contributed by atoms with Crippen molar-refractivity contribution in [3.05, 3.63) is 53.6 Å². The minimum Gasteiger partial charge on any atom is -0.495 e. The summed E-state index contributed by atoms with van der Waals surface area (Å²) in [6.45, 7) is 3.86. The maximum Gasteiger partial charge on any atom is 0.325 e. The maximum absolute atomic E-state index is 13.2. The predicted octanol–water partition coefficient (Wildman–Crippen LogP) is 2.97. The van der Waals surface area contributed by atoms with Crippen molar-refractivity contribution in [3.63, 3.8) is 0 Å². The summed E-state index contributed by atoms with van der Waals surface area (Å²) in [5.74, 6) is -0.968. The van der Waals surface area contributed by atoms with Crippen molar-refractivity contribution in [2.45, 2.75) is 50.0 Å². The molecule has 0 spiro atoms. The molecule has 198 valence electrons. The lowest BCUT2D eigenvalue weighted by atomic mass is 9.91. The van der Waals surface area contributed by atoms with Crippen LogP contribution in [0.3, 0.4) is 0 Å². The summed E-state index contributed by atoms with van der Waals surface area (Å²) in [4.78, 5) is 39.6. The van der Waals surface area contributed by atoms with Crippen molar-refractivity contribution < 1.29 is 27.5 Å². The van der Waals surface area contributed by atoms with Gasteiger partial charge in [0, 0.05) is 13.1 Å². The first-order valence-corrected chi connectivity index (χ1v) is 13.7. The molecule has 2 fully saturated rings. The Morgan fingerprint density at radius 3 is 2.32 bits per heavy atom. The number of aryl methyl sites for hydroxylation is 1. The average molecular weight is 529 g/mol. The first-order valence-electron chi connectivity index (χ1n) is 12.3. The van der Waals surface area contributed by atoms with Gasteiger partial charge in [0.15, 0.2) is 0 Å². The second-order valence-electron chi connectivity index (χ2n) is 9.54. The Labute approximate surface area is 217 Å². The minimum absolute atomic E-state index is 0.0347. The van der Waals surface area contributed by atoms with E-state index in [0.717, 1.165) is 36.1 Å². The molecule has 10 nitrogen and oxygen atoms in total. The van der Waals surface area contributed by atoms with E-state index in [-0.39, 0.29) is 16.3 Å². The normalized spacial score (nSPS) is 20.9. The lowest BCUT2D eigenvalue weighted by Gasteiger charge is -2.22. The van der Waals surface area contributed by atoms with Crippen LogP contribution in [0.25, 0.3) is 0 Å². The molecule has 2 saturated heterocycles. The Morgan fingerprint density at radius 2 is 1.70 bits per heavy atom. The molecule has 0 radical (unpaired) electrons. The van der Waals surface area contributed by atoms with Crippen LogP contribution < -0.4 is 15.4 Å². The Hall–Kier alpha value is -3.44. The van der Waals surface area contributed by atoms with Gasteiger partial charge in [-0.3, -0.25) is 14.5 Å². The van der Waals surface area contributed by atoms with Crippen LogP contribution >= 0.6 is 0 Å². The molecule has 0 saturated carbocycles. The number of nitrogens with one attached hydrogen (secondary N) is 2. The third-order valence-electron chi connectivity index (χ3n) is 6.85. The number of rotatable bonds is 7. The zero-order valence-corrected chi connectivity index (χ0v) is 22.1. The van der Waals surface area contributed by atoms with Gasteiger partial charge in [-0.1, -0.05) is 42.7 Å². The van der Waals surface area contributed by atoms with Crippen LogP contribution in [0.5, 0.6) is 5.75 Å². The first kappa shape index (κ1) is 26.6. The number of carbonyl (C=O) groups is 3. The number of methoxy groups -OCH3 is 1. The maximum atomic E-state index is 13.2. The molecule has 11 heteroatoms. The molecule has 4 amide bonds. The number of carbonyl (C=O) groups excluding carboxylic acids is 3. The number of amides is 4. The fourth-order valence-corrected chi connectivity index (χ4v) is 6.18. The van der Waals surface area contributed by atoms with Crippen molar-refractivity contribution in [2.75, 3.05) is 32.1 Å². The van der Waals surface area contributed by atoms with Crippen molar-refractivity contribution in [3.8, 4) is 5.75 Å². The summed E-state index contributed by atoms with van der Waals surface area (Å²) in [5.41, 5.74) is 0.447. The van der Waals surface area contributed by atoms with Crippen molar-refractivity contribution in [1.29, 1.82) is 0 Å². The molecular weight excluding hydrogens is 496 g/mol. The zero-order chi connectivity index (χ0) is 26.8. The molecule has 0 unspecified atom stereocenters. The van der Waals surface area contributed by atoms with Gasteiger partial charge in [-0.05, 0) is 50.5 Å². The number of imide groups is 1. The molecule has 4 rings (SSSR count). The highest BCUT2D eigenvalue weighted by atomic mass is 32.2. The number of sulfonamides is 1. The summed E-state index contributed by atoms with van der Waals surface area (Å²) >= 11 is 0. The quantitative estimate of drug-likeness (QED) is 0.533. The summed E-state index contributed by atoms with van der Waals surface area (Å²) in [7, 11) is -2.36. The number of nitrogens with zero attached hydrogens (tertiary/aromatic N) is 2. The van der Waals surface area contributed by atoms with E-state index in [1.807, 2.05) is 19.1 Å². The van der Waals surface area contributed by atoms with E-state index in [1.165, 1.54) is 29.6 Å². The van der Waals surface area contributed by atoms with Gasteiger partial charge in [0.25, 0.3) is 5.91 Å². The molecular formula is C26H32N4O6S. The average Bonchev–Trinajstić information content (AvgIpc) is 3.07. The van der Waals surface area contributed by atoms with Crippen LogP contribution in [0.4, 0.5) is 10.5 Å². The van der Waals surface area contributed by atoms with E-state index in [9.17, 15) is 22.8 Å². The Morgan fingerprint density at radius 1 is 1.05 bits per heavy atom. The molecule has 1 atom stereocenters. The van der Waals surface area contributed by atoms with Crippen LogP contribution in [0.15, 0.2) is 47.4 Å². The van der Waals surface area contributed by atoms with Gasteiger partial charge in [-0.15, -0.1) is 0 Å². The van der Waals surface area contributed by atoms with Gasteiger partial charge in [-0.25, -0.2) is 13.2 Å². The molecule has 2 aliphatic rings. The smallest absolute Gasteiger partial charge is 0.325 e. The fourth-order valence-electron chi connectivity index (χ4n) is 4.63. The van der Waals surface area contributed by atoms with Gasteiger partial charge in [0.2, 0.25) is 15.9 Å². The van der Waals surface area contributed by atoms with Crippen LogP contribution in [-0.2, 0) is 25.2 Å². The molecule has 2 aromatic rings. The van der Waals surface area contributed by atoms with E-state index in [2.05, 4.69) is 10.6 Å². The third-order valence-corrected chi connectivity index (χ3v) is 8.75. The molecule has 2 heterocycles. The van der Waals surface area contributed by atoms with Crippen LogP contribution in [0.2, 0.25) is 0 Å². The van der Waals surface area contributed by atoms with E-state index in [0.29, 0.717) is 18.7 Å². The van der Waals surface area contributed by atoms with E-state index >= 15 is 0 Å². The molecule has 2 N–H and O–H groups in total. The highest BCUT2D eigenvalue weighted by molar-refractivity contribution is 7.89. The summed E-state index contributed by atoms with van der Waals surface area (Å²) in [6, 6.07) is 10.8. The van der Waals surface area contributed by atoms with E-state index in [1.54, 1.807) is 19.1 Å². The molecule has 2 aliphatic heterocycles. The summed E-state index contributed by atoms with van der Waals surface area (Å²) in [6.07, 6.45) is 3.57. The minimum atomic E-state index is -3.76. The topological polar surface area (TPSA) is 125 Å². The number of benzene rings is 2. The standard InChI is InChI=1S/C26H32N4O6S/c1-18-8-10-19(11-9-18)26(2)24(32)30(25(33)28-26)17-23(31)27-21-16-20(12-13-22(21)36-3)37(34,35)29-14-6-4-5-7-15-29/h8-13,16H,4-7,14-15,17H2,1-3H3,(H,27,31)(H,28,33)/t26-/m0/s1. The number of hydrogen-bond acceptors (Lipinski definition) is 6. The predicted molar refractivity (Wildman–Crippen MR) is 138 cm³/mol. The lowest BCUT2D eigenvalue weighted by molar-refractivity contribution is -0.133. The lowest BCUT2D eigenvalue weighted by Crippen LogP contribution is -2.42. The van der Waals surface area contributed by atoms with Gasteiger partial charge >= 0.3 is 6.03 Å². The monoisotopic (exact) mass is 528 g/mol. The van der Waals surface area contributed by atoms with Gasteiger partial charge in [0.05, 0.1) is 17.7 Å². The van der Waals surface area contributed by atoms with Gasteiger partial charge in [-0.2, -0.15) is 4.31 Å². The zero-order valence-electron chi connectivity index (χ0n) is 21.2. The molecule has 37 heavy (non-hydrogen) atoms. The van der Waals surface area contributed by atoms with Crippen LogP contribution in [0, 0.1) is 6.92 Å². The number of ether oxygens (including phenoxy) is 1. The first-order chi connectivity index (χ1) is 17.6. The van der Waals surface area contributed by atoms with Crippen LogP contribution in [-0.4, -0.2) is 62.2 Å². The second kappa shape index (κ2) is 10.5.